The molecule has 1 saturated heterocycles. The molecule has 1 aliphatic heterocycles. The Morgan fingerprint density at radius 1 is 1.25 bits per heavy atom. The number of hydrogen-bond donors (Lipinski definition) is 1. The minimum atomic E-state index is -0.267. The van der Waals surface area contributed by atoms with Crippen LogP contribution in [-0.2, 0) is 11.2 Å². The van der Waals surface area contributed by atoms with Gasteiger partial charge in [0.2, 0.25) is 5.91 Å². The van der Waals surface area contributed by atoms with Gasteiger partial charge in [-0.25, -0.2) is 4.79 Å². The SMILES string of the molecule is CN1CC(=O)N(CCOc2ccc(CCN)cc2)C1=O. The van der Waals surface area contributed by atoms with Crippen molar-refractivity contribution >= 4 is 11.9 Å². The zero-order chi connectivity index (χ0) is 14.5. The highest BCUT2D eigenvalue weighted by Gasteiger charge is 2.32. The van der Waals surface area contributed by atoms with Gasteiger partial charge < -0.3 is 15.4 Å². The lowest BCUT2D eigenvalue weighted by molar-refractivity contribution is -0.125. The Kier molecular flexibility index (Phi) is 4.57. The number of carbonyl (C=O) groups excluding carboxylic acids is 2. The third-order valence-corrected chi connectivity index (χ3v) is 3.17. The molecule has 0 radical (unpaired) electrons. The highest BCUT2D eigenvalue weighted by atomic mass is 16.5. The minimum Gasteiger partial charge on any atom is -0.492 e. The summed E-state index contributed by atoms with van der Waals surface area (Å²) in [6.45, 7) is 1.33. The van der Waals surface area contributed by atoms with Gasteiger partial charge in [0, 0.05) is 7.05 Å². The van der Waals surface area contributed by atoms with Gasteiger partial charge in [-0.05, 0) is 30.7 Å². The van der Waals surface area contributed by atoms with Gasteiger partial charge >= 0.3 is 6.03 Å². The number of urea groups is 1. The second-order valence-electron chi connectivity index (χ2n) is 4.72. The van der Waals surface area contributed by atoms with E-state index in [9.17, 15) is 9.59 Å². The maximum atomic E-state index is 11.6. The van der Waals surface area contributed by atoms with Crippen molar-refractivity contribution in [1.82, 2.24) is 9.80 Å². The van der Waals surface area contributed by atoms with Crippen molar-refractivity contribution in [3.05, 3.63) is 29.8 Å². The van der Waals surface area contributed by atoms with Crippen LogP contribution in [0.3, 0.4) is 0 Å². The quantitative estimate of drug-likeness (QED) is 0.766. The van der Waals surface area contributed by atoms with Crippen molar-refractivity contribution in [3.63, 3.8) is 0 Å². The fourth-order valence-corrected chi connectivity index (χ4v) is 2.06. The number of benzene rings is 1. The van der Waals surface area contributed by atoms with Gasteiger partial charge in [-0.3, -0.25) is 9.69 Å². The van der Waals surface area contributed by atoms with Gasteiger partial charge in [0.15, 0.2) is 0 Å². The fourth-order valence-electron chi connectivity index (χ4n) is 2.06. The van der Waals surface area contributed by atoms with Crippen LogP contribution in [-0.4, -0.2) is 55.0 Å². The first kappa shape index (κ1) is 14.3. The van der Waals surface area contributed by atoms with Crippen molar-refractivity contribution in [1.29, 1.82) is 0 Å². The smallest absolute Gasteiger partial charge is 0.327 e. The molecule has 20 heavy (non-hydrogen) atoms. The van der Waals surface area contributed by atoms with E-state index in [1.807, 2.05) is 24.3 Å². The molecule has 0 spiro atoms. The topological polar surface area (TPSA) is 75.9 Å². The van der Waals surface area contributed by atoms with Crippen LogP contribution in [0.15, 0.2) is 24.3 Å². The molecule has 1 fully saturated rings. The molecule has 0 unspecified atom stereocenters. The van der Waals surface area contributed by atoms with Crippen LogP contribution in [0.4, 0.5) is 4.79 Å². The third-order valence-electron chi connectivity index (χ3n) is 3.17. The molecular formula is C14H19N3O3. The first-order valence-corrected chi connectivity index (χ1v) is 6.59. The summed E-state index contributed by atoms with van der Waals surface area (Å²) in [4.78, 5) is 25.8. The molecule has 1 aliphatic rings. The summed E-state index contributed by atoms with van der Waals surface area (Å²) in [5.74, 6) is 0.539. The third kappa shape index (κ3) is 3.27. The molecule has 3 amide bonds. The maximum absolute atomic E-state index is 11.6. The number of nitrogens with zero attached hydrogens (tertiary/aromatic N) is 2. The number of hydrogen-bond acceptors (Lipinski definition) is 4. The van der Waals surface area contributed by atoms with Crippen LogP contribution in [0.25, 0.3) is 0 Å². The Hall–Kier alpha value is -2.08. The van der Waals surface area contributed by atoms with Gasteiger partial charge in [0.1, 0.15) is 18.9 Å². The van der Waals surface area contributed by atoms with Crippen molar-refractivity contribution in [2.45, 2.75) is 6.42 Å². The summed E-state index contributed by atoms with van der Waals surface area (Å²) >= 11 is 0. The number of carbonyl (C=O) groups is 2. The summed E-state index contributed by atoms with van der Waals surface area (Å²) in [6, 6.07) is 7.39. The lowest BCUT2D eigenvalue weighted by Crippen LogP contribution is -2.35. The molecule has 0 saturated carbocycles. The molecule has 2 rings (SSSR count). The summed E-state index contributed by atoms with van der Waals surface area (Å²) in [5, 5.41) is 0. The average molecular weight is 277 g/mol. The van der Waals surface area contributed by atoms with Gasteiger partial charge in [-0.1, -0.05) is 12.1 Å². The summed E-state index contributed by atoms with van der Waals surface area (Å²) < 4.78 is 5.54. The largest absolute Gasteiger partial charge is 0.492 e. The van der Waals surface area contributed by atoms with Crippen LogP contribution < -0.4 is 10.5 Å². The molecular weight excluding hydrogens is 258 g/mol. The van der Waals surface area contributed by atoms with Crippen molar-refractivity contribution in [3.8, 4) is 5.75 Å². The monoisotopic (exact) mass is 277 g/mol. The number of rotatable bonds is 6. The van der Waals surface area contributed by atoms with E-state index in [-0.39, 0.29) is 25.0 Å². The summed E-state index contributed by atoms with van der Waals surface area (Å²) in [5.41, 5.74) is 6.64. The van der Waals surface area contributed by atoms with Crippen LogP contribution in [0.5, 0.6) is 5.75 Å². The van der Waals surface area contributed by atoms with E-state index in [1.165, 1.54) is 9.80 Å². The van der Waals surface area contributed by atoms with Crippen LogP contribution >= 0.6 is 0 Å². The molecule has 1 heterocycles. The number of likely N-dealkylation sites (N-methyl/N-ethyl adjacent to an activating group) is 1. The zero-order valence-electron chi connectivity index (χ0n) is 11.5. The molecule has 0 aromatic heterocycles. The van der Waals surface area contributed by atoms with E-state index in [4.69, 9.17) is 10.5 Å². The van der Waals surface area contributed by atoms with E-state index in [1.54, 1.807) is 7.05 Å². The number of ether oxygens (including phenoxy) is 1. The standard InChI is InChI=1S/C14H19N3O3/c1-16-10-13(18)17(14(16)19)8-9-20-12-4-2-11(3-5-12)6-7-15/h2-5H,6-10,15H2,1H3. The molecule has 6 heteroatoms. The Morgan fingerprint density at radius 3 is 2.50 bits per heavy atom. The molecule has 1 aromatic carbocycles. The number of amides is 3. The van der Waals surface area contributed by atoms with Gasteiger partial charge in [0.25, 0.3) is 0 Å². The Bertz CT molecular complexity index is 487. The predicted molar refractivity (Wildman–Crippen MR) is 74.4 cm³/mol. The number of imide groups is 1. The molecule has 1 aromatic rings. The summed E-state index contributed by atoms with van der Waals surface area (Å²) in [7, 11) is 1.61. The lowest BCUT2D eigenvalue weighted by atomic mass is 10.1. The predicted octanol–water partition coefficient (Wildman–Crippen LogP) is 0.461. The lowest BCUT2D eigenvalue weighted by Gasteiger charge is -2.14. The first-order valence-electron chi connectivity index (χ1n) is 6.59. The van der Waals surface area contributed by atoms with E-state index < -0.39 is 0 Å². The normalized spacial score (nSPS) is 15.1. The van der Waals surface area contributed by atoms with Crippen molar-refractivity contribution < 1.29 is 14.3 Å². The van der Waals surface area contributed by atoms with Gasteiger partial charge in [0.05, 0.1) is 6.54 Å². The molecule has 0 aliphatic carbocycles. The Balaban J connectivity index is 1.81. The highest BCUT2D eigenvalue weighted by molar-refractivity contribution is 6.01. The zero-order valence-corrected chi connectivity index (χ0v) is 11.5. The maximum Gasteiger partial charge on any atom is 0.327 e. The van der Waals surface area contributed by atoms with Crippen LogP contribution in [0, 0.1) is 0 Å². The fraction of sp³-hybridized carbons (Fsp3) is 0.429. The van der Waals surface area contributed by atoms with Crippen molar-refractivity contribution in [2.75, 3.05) is 33.3 Å². The molecule has 0 atom stereocenters. The first-order chi connectivity index (χ1) is 9.61. The molecule has 108 valence electrons. The number of nitrogens with two attached hydrogens (primary N) is 1. The van der Waals surface area contributed by atoms with E-state index in [0.29, 0.717) is 13.2 Å². The second-order valence-corrected chi connectivity index (χ2v) is 4.72. The van der Waals surface area contributed by atoms with Gasteiger partial charge in [-0.15, -0.1) is 0 Å². The highest BCUT2D eigenvalue weighted by Crippen LogP contribution is 2.13. The van der Waals surface area contributed by atoms with Crippen LogP contribution in [0.1, 0.15) is 5.56 Å². The molecule has 6 nitrogen and oxygen atoms in total. The average Bonchev–Trinajstić information content (AvgIpc) is 2.67. The van der Waals surface area contributed by atoms with Gasteiger partial charge in [-0.2, -0.15) is 0 Å². The van der Waals surface area contributed by atoms with E-state index >= 15 is 0 Å². The Labute approximate surface area is 118 Å². The summed E-state index contributed by atoms with van der Waals surface area (Å²) in [6.07, 6.45) is 0.837. The molecule has 2 N–H and O–H groups in total. The van der Waals surface area contributed by atoms with E-state index in [2.05, 4.69) is 0 Å². The minimum absolute atomic E-state index is 0.145. The van der Waals surface area contributed by atoms with Crippen LogP contribution in [0.2, 0.25) is 0 Å². The van der Waals surface area contributed by atoms with E-state index in [0.717, 1.165) is 17.7 Å². The van der Waals surface area contributed by atoms with Crippen molar-refractivity contribution in [2.24, 2.45) is 5.73 Å². The second kappa shape index (κ2) is 6.38. The molecule has 0 bridgehead atoms. The Morgan fingerprint density at radius 2 is 1.95 bits per heavy atom.